The van der Waals surface area contributed by atoms with Gasteiger partial charge in [0.1, 0.15) is 0 Å². The number of nitrogens with zero attached hydrogens (tertiary/aromatic N) is 1. The third-order valence-electron chi connectivity index (χ3n) is 4.22. The molecule has 2 nitrogen and oxygen atoms in total. The van der Waals surface area contributed by atoms with Gasteiger partial charge in [0.25, 0.3) is 0 Å². The maximum atomic E-state index is 3.63. The monoisotopic (exact) mass is 266 g/mol. The summed E-state index contributed by atoms with van der Waals surface area (Å²) in [7, 11) is 0. The van der Waals surface area contributed by atoms with Gasteiger partial charge in [0, 0.05) is 31.7 Å². The highest BCUT2D eigenvalue weighted by molar-refractivity contribution is 7.07. The summed E-state index contributed by atoms with van der Waals surface area (Å²) in [5.74, 6) is 0.785. The molecule has 3 heteroatoms. The molecule has 1 fully saturated rings. The Labute approximate surface area is 115 Å². The highest BCUT2D eigenvalue weighted by Crippen LogP contribution is 2.19. The van der Waals surface area contributed by atoms with Gasteiger partial charge in [-0.3, -0.25) is 4.90 Å². The molecule has 2 heterocycles. The quantitative estimate of drug-likeness (QED) is 0.881. The summed E-state index contributed by atoms with van der Waals surface area (Å²) in [5.41, 5.74) is 1.49. The third kappa shape index (κ3) is 3.56. The predicted octanol–water partition coefficient (Wildman–Crippen LogP) is 3.00. The highest BCUT2D eigenvalue weighted by atomic mass is 32.1. The van der Waals surface area contributed by atoms with Gasteiger partial charge >= 0.3 is 0 Å². The zero-order valence-corrected chi connectivity index (χ0v) is 12.7. The Morgan fingerprint density at radius 3 is 3.06 bits per heavy atom. The van der Waals surface area contributed by atoms with Crippen molar-refractivity contribution < 1.29 is 0 Å². The predicted molar refractivity (Wildman–Crippen MR) is 80.3 cm³/mol. The van der Waals surface area contributed by atoms with Crippen LogP contribution in [0.2, 0.25) is 0 Å². The molecule has 0 bridgehead atoms. The Bertz CT molecular complexity index is 336. The fourth-order valence-corrected chi connectivity index (χ4v) is 3.50. The zero-order chi connectivity index (χ0) is 13.0. The first-order chi connectivity index (χ1) is 8.70. The number of hydrogen-bond acceptors (Lipinski definition) is 3. The zero-order valence-electron chi connectivity index (χ0n) is 11.9. The molecule has 0 aromatic carbocycles. The summed E-state index contributed by atoms with van der Waals surface area (Å²) in [4.78, 5) is 2.70. The molecular weight excluding hydrogens is 240 g/mol. The molecular formula is C15H26N2S. The molecule has 3 unspecified atom stereocenters. The van der Waals surface area contributed by atoms with Gasteiger partial charge in [0.2, 0.25) is 0 Å². The lowest BCUT2D eigenvalue weighted by atomic mass is 9.94. The molecule has 18 heavy (non-hydrogen) atoms. The van der Waals surface area contributed by atoms with Crippen LogP contribution in [0.1, 0.15) is 32.8 Å². The molecule has 0 radical (unpaired) electrons. The van der Waals surface area contributed by atoms with Crippen LogP contribution in [0.25, 0.3) is 0 Å². The molecule has 3 atom stereocenters. The van der Waals surface area contributed by atoms with E-state index in [9.17, 15) is 0 Å². The minimum Gasteiger partial charge on any atom is -0.311 e. The van der Waals surface area contributed by atoms with E-state index in [0.29, 0.717) is 12.1 Å². The molecule has 1 aliphatic rings. The fourth-order valence-electron chi connectivity index (χ4n) is 2.80. The van der Waals surface area contributed by atoms with Gasteiger partial charge in [-0.1, -0.05) is 20.3 Å². The molecule has 1 aromatic rings. The minimum absolute atomic E-state index is 0.632. The first-order valence-electron chi connectivity index (χ1n) is 7.19. The molecule has 0 aliphatic carbocycles. The average Bonchev–Trinajstić information content (AvgIpc) is 2.88. The van der Waals surface area contributed by atoms with E-state index in [1.807, 2.05) is 11.3 Å². The minimum atomic E-state index is 0.632. The van der Waals surface area contributed by atoms with E-state index in [4.69, 9.17) is 0 Å². The smallest absolute Gasteiger partial charge is 0.0247 e. The topological polar surface area (TPSA) is 15.3 Å². The van der Waals surface area contributed by atoms with E-state index in [2.05, 4.69) is 47.8 Å². The van der Waals surface area contributed by atoms with Crippen LogP contribution in [-0.4, -0.2) is 36.6 Å². The number of rotatable bonds is 5. The lowest BCUT2D eigenvalue weighted by molar-refractivity contribution is 0.0969. The Morgan fingerprint density at radius 1 is 1.56 bits per heavy atom. The van der Waals surface area contributed by atoms with Gasteiger partial charge in [-0.25, -0.2) is 0 Å². The number of piperazine rings is 1. The van der Waals surface area contributed by atoms with Crippen molar-refractivity contribution in [2.24, 2.45) is 5.92 Å². The molecule has 1 aromatic heterocycles. The van der Waals surface area contributed by atoms with Crippen LogP contribution in [0.3, 0.4) is 0 Å². The largest absolute Gasteiger partial charge is 0.311 e. The molecule has 0 amide bonds. The number of thiophene rings is 1. The van der Waals surface area contributed by atoms with E-state index < -0.39 is 0 Å². The van der Waals surface area contributed by atoms with Crippen molar-refractivity contribution in [3.63, 3.8) is 0 Å². The van der Waals surface area contributed by atoms with Crippen LogP contribution in [0.4, 0.5) is 0 Å². The van der Waals surface area contributed by atoms with Crippen LogP contribution >= 0.6 is 11.3 Å². The van der Waals surface area contributed by atoms with Gasteiger partial charge < -0.3 is 5.32 Å². The molecule has 0 saturated carbocycles. The van der Waals surface area contributed by atoms with Crippen molar-refractivity contribution in [3.05, 3.63) is 22.4 Å². The van der Waals surface area contributed by atoms with Gasteiger partial charge in [-0.15, -0.1) is 0 Å². The molecule has 102 valence electrons. The fraction of sp³-hybridized carbons (Fsp3) is 0.733. The summed E-state index contributed by atoms with van der Waals surface area (Å²) < 4.78 is 0. The lowest BCUT2D eigenvalue weighted by Gasteiger charge is -2.42. The third-order valence-corrected chi connectivity index (χ3v) is 4.95. The van der Waals surface area contributed by atoms with Gasteiger partial charge in [-0.2, -0.15) is 11.3 Å². The highest BCUT2D eigenvalue weighted by Gasteiger charge is 2.28. The van der Waals surface area contributed by atoms with E-state index in [1.165, 1.54) is 31.5 Å². The van der Waals surface area contributed by atoms with Crippen molar-refractivity contribution in [2.45, 2.75) is 45.7 Å². The first-order valence-corrected chi connectivity index (χ1v) is 8.13. The van der Waals surface area contributed by atoms with E-state index >= 15 is 0 Å². The lowest BCUT2D eigenvalue weighted by Crippen LogP contribution is -2.57. The second-order valence-corrected chi connectivity index (χ2v) is 6.42. The Balaban J connectivity index is 1.92. The summed E-state index contributed by atoms with van der Waals surface area (Å²) >= 11 is 1.81. The molecule has 1 saturated heterocycles. The normalized spacial score (nSPS) is 27.3. The van der Waals surface area contributed by atoms with Crippen LogP contribution in [0.15, 0.2) is 16.8 Å². The molecule has 2 rings (SSSR count). The molecule has 1 N–H and O–H groups in total. The number of hydrogen-bond donors (Lipinski definition) is 1. The van der Waals surface area contributed by atoms with Crippen LogP contribution in [-0.2, 0) is 6.42 Å². The van der Waals surface area contributed by atoms with Crippen LogP contribution < -0.4 is 5.32 Å². The summed E-state index contributed by atoms with van der Waals surface area (Å²) in [6.45, 7) is 10.5. The van der Waals surface area contributed by atoms with Gasteiger partial charge in [0.15, 0.2) is 0 Å². The molecule has 0 spiro atoms. The average molecular weight is 266 g/mol. The van der Waals surface area contributed by atoms with Crippen LogP contribution in [0, 0.1) is 5.92 Å². The standard InChI is InChI=1S/C15H26N2S/c1-4-12(2)15-9-16-13(3)10-17(15)7-5-14-6-8-18-11-14/h6,8,11-13,15-16H,4-5,7,9-10H2,1-3H3. The summed E-state index contributed by atoms with van der Waals surface area (Å²) in [6.07, 6.45) is 2.47. The van der Waals surface area contributed by atoms with Crippen LogP contribution in [0.5, 0.6) is 0 Å². The second kappa shape index (κ2) is 6.69. The Kier molecular flexibility index (Phi) is 5.22. The second-order valence-electron chi connectivity index (χ2n) is 5.64. The Morgan fingerprint density at radius 2 is 2.39 bits per heavy atom. The van der Waals surface area contributed by atoms with E-state index in [1.54, 1.807) is 0 Å². The van der Waals surface area contributed by atoms with Crippen molar-refractivity contribution in [3.8, 4) is 0 Å². The van der Waals surface area contributed by atoms with Crippen molar-refractivity contribution in [1.82, 2.24) is 10.2 Å². The summed E-state index contributed by atoms with van der Waals surface area (Å²) in [6, 6.07) is 3.60. The maximum absolute atomic E-state index is 3.63. The van der Waals surface area contributed by atoms with Crippen molar-refractivity contribution >= 4 is 11.3 Å². The Hall–Kier alpha value is -0.380. The summed E-state index contributed by atoms with van der Waals surface area (Å²) in [5, 5.41) is 8.09. The van der Waals surface area contributed by atoms with E-state index in [0.717, 1.165) is 12.5 Å². The van der Waals surface area contributed by atoms with Crippen molar-refractivity contribution in [1.29, 1.82) is 0 Å². The maximum Gasteiger partial charge on any atom is 0.0247 e. The van der Waals surface area contributed by atoms with Gasteiger partial charge in [-0.05, 0) is 41.7 Å². The van der Waals surface area contributed by atoms with E-state index in [-0.39, 0.29) is 0 Å². The first kappa shape index (κ1) is 14.0. The molecule has 1 aliphatic heterocycles. The number of nitrogens with one attached hydrogen (secondary N) is 1. The SMILES string of the molecule is CCC(C)C1CNC(C)CN1CCc1ccsc1. The van der Waals surface area contributed by atoms with Gasteiger partial charge in [0.05, 0.1) is 0 Å². The van der Waals surface area contributed by atoms with Crippen molar-refractivity contribution in [2.75, 3.05) is 19.6 Å².